The molecule has 0 unspecified atom stereocenters. The van der Waals surface area contributed by atoms with Gasteiger partial charge in [-0.3, -0.25) is 0 Å². The van der Waals surface area contributed by atoms with Gasteiger partial charge in [-0.2, -0.15) is 0 Å². The van der Waals surface area contributed by atoms with E-state index in [2.05, 4.69) is 47.8 Å². The molecule has 0 radical (unpaired) electrons. The van der Waals surface area contributed by atoms with Gasteiger partial charge in [-0.05, 0) is 46.8 Å². The molecular formula is C10H14BrN. The van der Waals surface area contributed by atoms with Crippen molar-refractivity contribution in [3.8, 4) is 0 Å². The van der Waals surface area contributed by atoms with Crippen molar-refractivity contribution in [2.24, 2.45) is 5.92 Å². The van der Waals surface area contributed by atoms with Crippen molar-refractivity contribution >= 4 is 15.9 Å². The third-order valence-corrected chi connectivity index (χ3v) is 2.21. The maximum Gasteiger partial charge on any atom is 0.106 e. The number of rotatable bonds is 2. The number of aryl methyl sites for hydroxylation is 1. The lowest BCUT2D eigenvalue weighted by atomic mass is 10.0. The summed E-state index contributed by atoms with van der Waals surface area (Å²) in [5.74, 6) is 0.672. The van der Waals surface area contributed by atoms with E-state index in [0.717, 1.165) is 11.0 Å². The molecule has 1 nitrogen and oxygen atoms in total. The van der Waals surface area contributed by atoms with Gasteiger partial charge in [0.25, 0.3) is 0 Å². The van der Waals surface area contributed by atoms with E-state index < -0.39 is 0 Å². The molecule has 0 aliphatic heterocycles. The molecule has 1 aromatic rings. The molecule has 1 rings (SSSR count). The Labute approximate surface area is 82.3 Å². The largest absolute Gasteiger partial charge is 0.246 e. The van der Waals surface area contributed by atoms with Crippen LogP contribution >= 0.6 is 15.9 Å². The van der Waals surface area contributed by atoms with Crippen LogP contribution in [0.1, 0.15) is 25.1 Å². The lowest BCUT2D eigenvalue weighted by molar-refractivity contribution is 0.631. The molecule has 0 N–H and O–H groups in total. The lowest BCUT2D eigenvalue weighted by Gasteiger charge is -2.07. The Morgan fingerprint density at radius 1 is 1.42 bits per heavy atom. The Kier molecular flexibility index (Phi) is 3.27. The van der Waals surface area contributed by atoms with E-state index >= 15 is 0 Å². The number of aromatic nitrogens is 1. The molecule has 1 aromatic heterocycles. The van der Waals surface area contributed by atoms with Crippen LogP contribution in [0.15, 0.2) is 16.7 Å². The van der Waals surface area contributed by atoms with Crippen LogP contribution < -0.4 is 0 Å². The minimum Gasteiger partial charge on any atom is -0.246 e. The van der Waals surface area contributed by atoms with Crippen LogP contribution in [0.3, 0.4) is 0 Å². The summed E-state index contributed by atoms with van der Waals surface area (Å²) >= 11 is 3.38. The topological polar surface area (TPSA) is 12.9 Å². The van der Waals surface area contributed by atoms with E-state index in [1.54, 1.807) is 0 Å². The zero-order valence-corrected chi connectivity index (χ0v) is 9.35. The van der Waals surface area contributed by atoms with Crippen molar-refractivity contribution in [2.45, 2.75) is 27.2 Å². The van der Waals surface area contributed by atoms with Gasteiger partial charge in [-0.1, -0.05) is 19.9 Å². The Morgan fingerprint density at radius 2 is 2.08 bits per heavy atom. The van der Waals surface area contributed by atoms with Crippen LogP contribution in [0, 0.1) is 12.8 Å². The van der Waals surface area contributed by atoms with Gasteiger partial charge >= 0.3 is 0 Å². The highest BCUT2D eigenvalue weighted by molar-refractivity contribution is 9.10. The molecule has 1 heterocycles. The monoisotopic (exact) mass is 227 g/mol. The fraction of sp³-hybridized carbons (Fsp3) is 0.500. The second-order valence-corrected chi connectivity index (χ2v) is 4.31. The van der Waals surface area contributed by atoms with Crippen molar-refractivity contribution in [1.29, 1.82) is 0 Å². The summed E-state index contributed by atoms with van der Waals surface area (Å²) < 4.78 is 0.934. The highest BCUT2D eigenvalue weighted by Gasteiger charge is 2.03. The van der Waals surface area contributed by atoms with Gasteiger partial charge < -0.3 is 0 Å². The Bertz CT molecular complexity index is 269. The van der Waals surface area contributed by atoms with Crippen LogP contribution in [0.25, 0.3) is 0 Å². The van der Waals surface area contributed by atoms with Gasteiger partial charge in [-0.15, -0.1) is 0 Å². The molecule has 0 spiro atoms. The van der Waals surface area contributed by atoms with Gasteiger partial charge in [-0.25, -0.2) is 4.98 Å². The van der Waals surface area contributed by atoms with Gasteiger partial charge in [0.15, 0.2) is 0 Å². The van der Waals surface area contributed by atoms with Gasteiger partial charge in [0.2, 0.25) is 0 Å². The fourth-order valence-electron chi connectivity index (χ4n) is 1.14. The first-order valence-corrected chi connectivity index (χ1v) is 5.01. The Morgan fingerprint density at radius 3 is 2.67 bits per heavy atom. The molecule has 0 bridgehead atoms. The molecule has 12 heavy (non-hydrogen) atoms. The van der Waals surface area contributed by atoms with E-state index in [0.29, 0.717) is 5.92 Å². The third kappa shape index (κ3) is 2.59. The van der Waals surface area contributed by atoms with E-state index in [1.165, 1.54) is 11.3 Å². The number of hydrogen-bond donors (Lipinski definition) is 0. The number of halogens is 1. The molecule has 2 heteroatoms. The maximum absolute atomic E-state index is 4.43. The van der Waals surface area contributed by atoms with Crippen molar-refractivity contribution in [2.75, 3.05) is 0 Å². The summed E-state index contributed by atoms with van der Waals surface area (Å²) in [5.41, 5.74) is 2.49. The number of pyridine rings is 1. The van der Waals surface area contributed by atoms with Gasteiger partial charge in [0, 0.05) is 5.69 Å². The van der Waals surface area contributed by atoms with Crippen LogP contribution in [0.2, 0.25) is 0 Å². The molecular weight excluding hydrogens is 214 g/mol. The molecule has 0 aromatic carbocycles. The van der Waals surface area contributed by atoms with E-state index in [9.17, 15) is 0 Å². The predicted octanol–water partition coefficient (Wildman–Crippen LogP) is 3.35. The summed E-state index contributed by atoms with van der Waals surface area (Å²) in [7, 11) is 0. The maximum atomic E-state index is 4.43. The third-order valence-electron chi connectivity index (χ3n) is 1.77. The van der Waals surface area contributed by atoms with E-state index in [-0.39, 0.29) is 0 Å². The lowest BCUT2D eigenvalue weighted by Crippen LogP contribution is -2.00. The highest BCUT2D eigenvalue weighted by Crippen LogP contribution is 2.14. The quantitative estimate of drug-likeness (QED) is 0.707. The Balaban J connectivity index is 2.90. The van der Waals surface area contributed by atoms with Crippen molar-refractivity contribution in [3.63, 3.8) is 0 Å². The SMILES string of the molecule is Cc1ccc(Br)nc1CC(C)C. The van der Waals surface area contributed by atoms with Crippen molar-refractivity contribution in [1.82, 2.24) is 4.98 Å². The molecule has 0 aliphatic rings. The zero-order chi connectivity index (χ0) is 9.14. The van der Waals surface area contributed by atoms with Crippen molar-refractivity contribution < 1.29 is 0 Å². The number of hydrogen-bond acceptors (Lipinski definition) is 1. The molecule has 0 atom stereocenters. The minimum atomic E-state index is 0.672. The van der Waals surface area contributed by atoms with Crippen molar-refractivity contribution in [3.05, 3.63) is 28.0 Å². The first kappa shape index (κ1) is 9.72. The molecule has 0 fully saturated rings. The summed E-state index contributed by atoms with van der Waals surface area (Å²) in [6.45, 7) is 6.53. The normalized spacial score (nSPS) is 10.8. The van der Waals surface area contributed by atoms with Crippen LogP contribution in [-0.4, -0.2) is 4.98 Å². The van der Waals surface area contributed by atoms with Crippen LogP contribution in [0.5, 0.6) is 0 Å². The average Bonchev–Trinajstić information content (AvgIpc) is 1.96. The van der Waals surface area contributed by atoms with E-state index in [1.807, 2.05) is 6.07 Å². The minimum absolute atomic E-state index is 0.672. The molecule has 0 aliphatic carbocycles. The zero-order valence-electron chi connectivity index (χ0n) is 7.76. The first-order valence-electron chi connectivity index (χ1n) is 4.21. The van der Waals surface area contributed by atoms with Crippen LogP contribution in [-0.2, 0) is 6.42 Å². The first-order chi connectivity index (χ1) is 5.59. The van der Waals surface area contributed by atoms with E-state index in [4.69, 9.17) is 0 Å². The fourth-order valence-corrected chi connectivity index (χ4v) is 1.48. The number of nitrogens with zero attached hydrogens (tertiary/aromatic N) is 1. The summed E-state index contributed by atoms with van der Waals surface area (Å²) in [6, 6.07) is 4.09. The molecule has 66 valence electrons. The van der Waals surface area contributed by atoms with Gasteiger partial charge in [0.1, 0.15) is 4.60 Å². The van der Waals surface area contributed by atoms with Gasteiger partial charge in [0.05, 0.1) is 0 Å². The summed E-state index contributed by atoms with van der Waals surface area (Å²) in [6.07, 6.45) is 1.06. The summed E-state index contributed by atoms with van der Waals surface area (Å²) in [4.78, 5) is 4.43. The highest BCUT2D eigenvalue weighted by atomic mass is 79.9. The second kappa shape index (κ2) is 4.04. The second-order valence-electron chi connectivity index (χ2n) is 3.50. The summed E-state index contributed by atoms with van der Waals surface area (Å²) in [5, 5.41) is 0. The molecule has 0 amide bonds. The molecule has 0 saturated carbocycles. The average molecular weight is 228 g/mol. The molecule has 0 saturated heterocycles. The predicted molar refractivity (Wildman–Crippen MR) is 55.2 cm³/mol. The standard InChI is InChI=1S/C10H14BrN/c1-7(2)6-9-8(3)4-5-10(11)12-9/h4-5,7H,6H2,1-3H3. The smallest absolute Gasteiger partial charge is 0.106 e. The van der Waals surface area contributed by atoms with Crippen LogP contribution in [0.4, 0.5) is 0 Å². The Hall–Kier alpha value is -0.370.